The summed E-state index contributed by atoms with van der Waals surface area (Å²) < 4.78 is 25.8. The van der Waals surface area contributed by atoms with Gasteiger partial charge in [0.25, 0.3) is 0 Å². The molecule has 0 aromatic carbocycles. The third-order valence-electron chi connectivity index (χ3n) is 0. The Morgan fingerprint density at radius 2 is 1.33 bits per heavy atom. The van der Waals surface area contributed by atoms with Gasteiger partial charge in [-0.25, -0.2) is 0 Å². The van der Waals surface area contributed by atoms with Crippen LogP contribution >= 0.6 is 0 Å². The van der Waals surface area contributed by atoms with E-state index >= 15 is 0 Å². The van der Waals surface area contributed by atoms with Crippen LogP contribution in [-0.4, -0.2) is 54.6 Å². The fraction of sp³-hybridized carbons (Fsp3) is 0. The monoisotopic (exact) mass is 554 g/mol. The maximum absolute atomic E-state index is 8.61. The van der Waals surface area contributed by atoms with Crippen LogP contribution in [0.25, 0.3) is 0 Å². The third-order valence-corrected chi connectivity index (χ3v) is 0. The van der Waals surface area contributed by atoms with Crippen LogP contribution in [0.1, 0.15) is 0 Å². The molecule has 6 heteroatoms. The molecule has 0 N–H and O–H groups in total. The van der Waals surface area contributed by atoms with Gasteiger partial charge in [-0.2, -0.15) is 0 Å². The molecular weight excluding hydrogens is 554 g/mol. The summed E-state index contributed by atoms with van der Waals surface area (Å²) in [6.07, 6.45) is 0. The Balaban J connectivity index is -0.0000000450. The molecule has 0 atom stereocenters. The van der Waals surface area contributed by atoms with Crippen LogP contribution in [-0.2, 0) is 25.4 Å². The van der Waals surface area contributed by atoms with E-state index in [0.29, 0.717) is 0 Å². The van der Waals surface area contributed by atoms with E-state index in [0.717, 1.165) is 0 Å². The minimum absolute atomic E-state index is 0. The molecule has 0 aliphatic carbocycles. The fourth-order valence-corrected chi connectivity index (χ4v) is 0. The van der Waals surface area contributed by atoms with Gasteiger partial charge in [-0.05, 0) is 0 Å². The topological polar surface area (TPSA) is 63.2 Å². The molecule has 0 aliphatic heterocycles. The molecule has 0 aromatic heterocycles. The van der Waals surface area contributed by atoms with E-state index in [-0.39, 0.29) is 54.6 Å². The first-order valence-corrected chi connectivity index (χ1v) is 3.62. The van der Waals surface area contributed by atoms with Crippen molar-refractivity contribution in [1.82, 2.24) is 0 Å². The van der Waals surface area contributed by atoms with Crippen LogP contribution in [0.3, 0.4) is 0 Å². The van der Waals surface area contributed by atoms with Crippen molar-refractivity contribution < 1.29 is 31.8 Å². The van der Waals surface area contributed by atoms with Crippen molar-refractivity contribution in [2.24, 2.45) is 0 Å². The van der Waals surface area contributed by atoms with E-state index < -0.39 is 22.6 Å². The van der Waals surface area contributed by atoms with Crippen molar-refractivity contribution in [3.63, 3.8) is 0 Å². The molecule has 0 saturated carbocycles. The maximum Gasteiger partial charge on any atom is 2.00 e. The summed E-state index contributed by atoms with van der Waals surface area (Å²) in [6.45, 7) is 0. The SMILES string of the molecule is [O]=[Zr]([O-])[O-].[Pb+2].[Pb]. The van der Waals surface area contributed by atoms with Crippen LogP contribution in [0, 0.1) is 0 Å². The second kappa shape index (κ2) is 10.4. The van der Waals surface area contributed by atoms with Gasteiger partial charge in [-0.1, -0.05) is 0 Å². The summed E-state index contributed by atoms with van der Waals surface area (Å²) in [5.41, 5.74) is 0. The number of rotatable bonds is 0. The zero-order valence-corrected chi connectivity index (χ0v) is 13.0. The van der Waals surface area contributed by atoms with Gasteiger partial charge in [-0.3, -0.25) is 0 Å². The Hall–Kier alpha value is 2.45. The largest absolute Gasteiger partial charge is 2.00 e. The molecule has 30 valence electrons. The predicted octanol–water partition coefficient (Wildman–Crippen LogP) is -3.26. The van der Waals surface area contributed by atoms with Gasteiger partial charge in [0, 0.05) is 27.3 Å². The van der Waals surface area contributed by atoms with E-state index in [1.54, 1.807) is 0 Å². The standard InChI is InChI=1S/3O.2Pb.Zr/q;2*-1;;+2;. The zero-order chi connectivity index (χ0) is 3.58. The molecule has 6 heavy (non-hydrogen) atoms. The summed E-state index contributed by atoms with van der Waals surface area (Å²) in [7, 11) is 0. The summed E-state index contributed by atoms with van der Waals surface area (Å²) in [6, 6.07) is 0. The minimum Gasteiger partial charge on any atom is 0 e. The Labute approximate surface area is 84.8 Å². The summed E-state index contributed by atoms with van der Waals surface area (Å²) in [5.74, 6) is 0. The average Bonchev–Trinajstić information content (AvgIpc) is 0.811. The van der Waals surface area contributed by atoms with E-state index in [1.165, 1.54) is 0 Å². The molecule has 0 saturated heterocycles. The molecule has 0 heterocycles. The van der Waals surface area contributed by atoms with Gasteiger partial charge in [0.15, 0.2) is 0 Å². The predicted molar refractivity (Wildman–Crippen MR) is 12.2 cm³/mol. The molecule has 6 radical (unpaired) electrons. The summed E-state index contributed by atoms with van der Waals surface area (Å²) in [5, 5.41) is 0. The van der Waals surface area contributed by atoms with Crippen molar-refractivity contribution in [2.75, 3.05) is 0 Å². The van der Waals surface area contributed by atoms with Gasteiger partial charge in [0.1, 0.15) is 0 Å². The smallest absolute Gasteiger partial charge is 0 e. The molecule has 0 aliphatic rings. The molecule has 0 rings (SSSR count). The maximum atomic E-state index is 8.61. The van der Waals surface area contributed by atoms with E-state index in [9.17, 15) is 0 Å². The Morgan fingerprint density at radius 1 is 1.33 bits per heavy atom. The van der Waals surface area contributed by atoms with E-state index in [2.05, 4.69) is 0 Å². The number of hydrogen-bond donors (Lipinski definition) is 0. The molecule has 0 bridgehead atoms. The molecule has 0 unspecified atom stereocenters. The molecule has 0 aromatic rings. The van der Waals surface area contributed by atoms with Gasteiger partial charge in [0.05, 0.1) is 0 Å². The quantitative estimate of drug-likeness (QED) is 0.296. The van der Waals surface area contributed by atoms with Crippen molar-refractivity contribution in [3.05, 3.63) is 0 Å². The Morgan fingerprint density at radius 3 is 1.33 bits per heavy atom. The van der Waals surface area contributed by atoms with E-state index in [1.807, 2.05) is 0 Å². The first-order chi connectivity index (χ1) is 1.73. The molecule has 0 spiro atoms. The van der Waals surface area contributed by atoms with Crippen molar-refractivity contribution in [1.29, 1.82) is 0 Å². The average molecular weight is 554 g/mol. The van der Waals surface area contributed by atoms with Crippen LogP contribution in [0.15, 0.2) is 0 Å². The van der Waals surface area contributed by atoms with Crippen LogP contribution in [0.5, 0.6) is 0 Å². The zero-order valence-electron chi connectivity index (χ0n) is 2.72. The van der Waals surface area contributed by atoms with Crippen molar-refractivity contribution in [3.8, 4) is 0 Å². The minimum atomic E-state index is -4.29. The normalized spacial score (nSPS) is 4.33. The molecule has 0 amide bonds. The Kier molecular flexibility index (Phi) is 27.5. The third kappa shape index (κ3) is 31.9. The molecular formula is O3Pb2Zr. The second-order valence-corrected chi connectivity index (χ2v) is 1.48. The van der Waals surface area contributed by atoms with Gasteiger partial charge in [0.2, 0.25) is 0 Å². The molecule has 3 nitrogen and oxygen atoms in total. The fourth-order valence-electron chi connectivity index (χ4n) is 0. The van der Waals surface area contributed by atoms with Crippen LogP contribution < -0.4 is 6.37 Å². The van der Waals surface area contributed by atoms with E-state index in [4.69, 9.17) is 9.18 Å². The van der Waals surface area contributed by atoms with Gasteiger partial charge in [-0.15, -0.1) is 0 Å². The second-order valence-electron chi connectivity index (χ2n) is 0.250. The first-order valence-electron chi connectivity index (χ1n) is 0.612. The first kappa shape index (κ1) is 15.8. The van der Waals surface area contributed by atoms with Gasteiger partial charge < -0.3 is 0 Å². The van der Waals surface area contributed by atoms with Crippen molar-refractivity contribution in [2.45, 2.75) is 0 Å². The van der Waals surface area contributed by atoms with Crippen molar-refractivity contribution >= 4 is 54.6 Å². The Bertz CT molecular complexity index is 31.8. The summed E-state index contributed by atoms with van der Waals surface area (Å²) in [4.78, 5) is 0. The number of hydrogen-bond acceptors (Lipinski definition) is 3. The van der Waals surface area contributed by atoms with Crippen LogP contribution in [0.2, 0.25) is 0 Å². The molecule has 0 fully saturated rings. The van der Waals surface area contributed by atoms with Gasteiger partial charge >= 0.3 is 59.1 Å². The van der Waals surface area contributed by atoms with Crippen LogP contribution in [0.4, 0.5) is 0 Å². The summed E-state index contributed by atoms with van der Waals surface area (Å²) >= 11 is -4.29.